The van der Waals surface area contributed by atoms with Crippen LogP contribution in [0.3, 0.4) is 0 Å². The number of rotatable bonds is 17. The van der Waals surface area contributed by atoms with Crippen molar-refractivity contribution in [3.8, 4) is 23.0 Å². The van der Waals surface area contributed by atoms with Crippen LogP contribution in [-0.2, 0) is 81.2 Å². The summed E-state index contributed by atoms with van der Waals surface area (Å²) in [6.45, 7) is 20.8. The van der Waals surface area contributed by atoms with Crippen LogP contribution in [0.1, 0.15) is 100 Å². The number of ether oxygens (including phenoxy) is 2. The lowest BCUT2D eigenvalue weighted by Gasteiger charge is -2.35. The number of hydroxylamine groups is 2. The number of nitrogens with zero attached hydrogens (tertiary/aromatic N) is 7. The minimum Gasteiger partial charge on any atom is -0.744 e. The molecule has 0 spiro atoms. The van der Waals surface area contributed by atoms with Crippen LogP contribution in [-0.4, -0.2) is 154 Å². The van der Waals surface area contributed by atoms with Gasteiger partial charge in [-0.15, -0.1) is 12.6 Å². The summed E-state index contributed by atoms with van der Waals surface area (Å²) in [6, 6.07) is 67.5. The number of benzene rings is 11. The highest BCUT2D eigenvalue weighted by molar-refractivity contribution is 7.88. The summed E-state index contributed by atoms with van der Waals surface area (Å²) in [5.74, 6) is 3.49. The molecule has 0 atom stereocenters. The summed E-state index contributed by atoms with van der Waals surface area (Å²) in [4.78, 5) is 22.1. The predicted molar refractivity (Wildman–Crippen MR) is 479 cm³/mol. The first kappa shape index (κ1) is 92.3. The lowest BCUT2D eigenvalue weighted by molar-refractivity contribution is -0.133. The number of hydrogen-bond donors (Lipinski definition) is 2. The van der Waals surface area contributed by atoms with E-state index in [9.17, 15) is 47.3 Å². The molecule has 1 aromatic heterocycles. The summed E-state index contributed by atoms with van der Waals surface area (Å²) >= 11 is 2.83. The normalized spacial score (nSPS) is 14.2. The molecule has 0 bridgehead atoms. The Hall–Kier alpha value is -11.9. The van der Waals surface area contributed by atoms with E-state index in [1.54, 1.807) is 49.6 Å². The zero-order chi connectivity index (χ0) is 90.0. The van der Waals surface area contributed by atoms with Crippen molar-refractivity contribution in [3.63, 3.8) is 0 Å². The molecule has 26 nitrogen and oxygen atoms in total. The van der Waals surface area contributed by atoms with Gasteiger partial charge in [0.1, 0.15) is 43.2 Å². The molecule has 12 aromatic rings. The Morgan fingerprint density at radius 2 is 0.824 bits per heavy atom. The van der Waals surface area contributed by atoms with Crippen molar-refractivity contribution in [2.45, 2.75) is 82.9 Å². The molecular formula is C93H90N8O18S6-2. The largest absolute Gasteiger partial charge is 0.744 e. The number of fused-ring (bicyclic) bond motifs is 4. The van der Waals surface area contributed by atoms with E-state index in [1.165, 1.54) is 96.5 Å². The maximum atomic E-state index is 12.4. The van der Waals surface area contributed by atoms with Crippen LogP contribution < -0.4 is 45.5 Å². The Balaban J connectivity index is 0.000000166. The van der Waals surface area contributed by atoms with Crippen molar-refractivity contribution < 1.29 is 78.5 Å². The number of sulfonamides is 1. The van der Waals surface area contributed by atoms with Crippen LogP contribution in [0.4, 0.5) is 23.5 Å². The summed E-state index contributed by atoms with van der Waals surface area (Å²) in [6.07, 6.45) is 6.94. The summed E-state index contributed by atoms with van der Waals surface area (Å²) < 4.78 is 178. The van der Waals surface area contributed by atoms with E-state index in [4.69, 9.17) is 31.1 Å². The molecular weight excluding hydrogens is 1710 g/mol. The topological polar surface area (TPSA) is 363 Å². The summed E-state index contributed by atoms with van der Waals surface area (Å²) in [7, 11) is -18.6. The van der Waals surface area contributed by atoms with E-state index in [0.717, 1.165) is 67.1 Å². The molecule has 4 aliphatic heterocycles. The molecule has 11 aromatic carbocycles. The van der Waals surface area contributed by atoms with E-state index in [1.807, 2.05) is 87.7 Å². The zero-order valence-electron chi connectivity index (χ0n) is 70.0. The third kappa shape index (κ3) is 22.4. The van der Waals surface area contributed by atoms with Gasteiger partial charge in [0.05, 0.1) is 28.1 Å². The van der Waals surface area contributed by atoms with Crippen molar-refractivity contribution >= 4 is 110 Å². The molecule has 0 aliphatic carbocycles. The molecule has 125 heavy (non-hydrogen) atoms. The number of piperazine rings is 2. The lowest BCUT2D eigenvalue weighted by Crippen LogP contribution is -2.49. The van der Waals surface area contributed by atoms with Gasteiger partial charge < -0.3 is 38.5 Å². The second kappa shape index (κ2) is 39.5. The second-order valence-corrected chi connectivity index (χ2v) is 36.9. The van der Waals surface area contributed by atoms with Gasteiger partial charge in [-0.25, -0.2) is 25.3 Å². The van der Waals surface area contributed by atoms with E-state index >= 15 is 0 Å². The van der Waals surface area contributed by atoms with Crippen molar-refractivity contribution in [2.75, 3.05) is 80.8 Å². The zero-order valence-corrected chi connectivity index (χ0v) is 74.9. The highest BCUT2D eigenvalue weighted by atomic mass is 32.2. The van der Waals surface area contributed by atoms with Crippen LogP contribution in [0, 0.1) is 55.4 Å². The van der Waals surface area contributed by atoms with Gasteiger partial charge in [0, 0.05) is 102 Å². The fraction of sp³-hybridized carbons (Fsp3) is 0.215. The summed E-state index contributed by atoms with van der Waals surface area (Å²) in [5, 5.41) is 8.23. The van der Waals surface area contributed by atoms with E-state index < -0.39 is 51.0 Å². The van der Waals surface area contributed by atoms with Crippen LogP contribution in [0.15, 0.2) is 233 Å². The Bertz CT molecular complexity index is 6660. The Labute approximate surface area is 734 Å². The quantitative estimate of drug-likeness (QED) is 0.0800. The molecule has 5 heterocycles. The van der Waals surface area contributed by atoms with Gasteiger partial charge in [-0.3, -0.25) is 4.55 Å². The molecule has 0 unspecified atom stereocenters. The minimum absolute atomic E-state index is 0.192. The standard InChI is InChI=1S/2C37H32O4S.C19H28N8O6S2.O3S.OS/c2*1-23-9-7-10-24(2)32(23)19-27-15-17-29-34(21-27)41-35-22-28(20-33-25(3)11-8-12-26(33)4)16-18-30(35)37(29)31-13-5-6-14-36(31)42(38,39)40;1-33-26-10-6-24(7-11-26)18-21-17(20-15-4-3-5-16(14-15)35(30,31)32)22-19(23-18)25-8-12-27(13-9-25)34(2,28)29;1-4(2)3;1-2/h2*5-19,21-22H,20H2,1-4H3,(H,38,39,40);3-5,14H,6-13H2,1-2H3,(H,30,31,32)(H,20,21,22,23);;/p-2/b2*27-19+;;;. The van der Waals surface area contributed by atoms with Crippen molar-refractivity contribution in [3.05, 3.63) is 339 Å². The predicted octanol–water partition coefficient (Wildman–Crippen LogP) is 11.5. The molecule has 0 radical (unpaired) electrons. The van der Waals surface area contributed by atoms with Crippen molar-refractivity contribution in [2.24, 2.45) is 0 Å². The van der Waals surface area contributed by atoms with Gasteiger partial charge in [-0.05, 0) is 235 Å². The van der Waals surface area contributed by atoms with Gasteiger partial charge in [-0.1, -0.05) is 152 Å². The van der Waals surface area contributed by atoms with Gasteiger partial charge in [-0.2, -0.15) is 36.9 Å². The van der Waals surface area contributed by atoms with Gasteiger partial charge >= 0.3 is 10.6 Å². The molecule has 16 rings (SSSR count). The molecule has 4 aliphatic rings. The Morgan fingerprint density at radius 1 is 0.448 bits per heavy atom. The van der Waals surface area contributed by atoms with Crippen LogP contribution in [0.25, 0.3) is 23.3 Å². The number of aryl methyl sites for hydroxylation is 8. The first-order valence-electron chi connectivity index (χ1n) is 39.4. The molecule has 648 valence electrons. The van der Waals surface area contributed by atoms with Crippen LogP contribution >= 0.6 is 0 Å². The van der Waals surface area contributed by atoms with E-state index in [-0.39, 0.29) is 20.6 Å². The van der Waals surface area contributed by atoms with Crippen molar-refractivity contribution in [1.29, 1.82) is 0 Å². The maximum Gasteiger partial charge on any atom is 0.425 e. The molecule has 0 saturated carbocycles. The monoisotopic (exact) mass is 1800 g/mol. The highest BCUT2D eigenvalue weighted by Crippen LogP contribution is 2.42. The molecule has 2 fully saturated rings. The SMILES string of the molecule is CON1CCN(c2nc(Nc3cccc(S(=O)(=O)O)c3)nc(N3CCN(S(C)(=O)=O)CC3)n2)CC1.Cc1cccc(C)c1/C=c1\ccc2c(c1)Oc1cc(Cc3c(C)cccc3C)ccc1C=2c1ccccc1S(=O)(=O)[O-].Cc1cccc(C)c1/C=c1\ccc2c(c1)Oc1cc(Cc3c(C)cccc3C)ccc1C=2c1ccccc1S(=O)(=O)[O-].O=S.O=S(=O)=O. The van der Waals surface area contributed by atoms with Crippen molar-refractivity contribution in [1.82, 2.24) is 24.3 Å². The number of nitrogens with one attached hydrogen (secondary N) is 1. The molecule has 32 heteroatoms. The smallest absolute Gasteiger partial charge is 0.425 e. The lowest BCUT2D eigenvalue weighted by atomic mass is 9.90. The Morgan fingerprint density at radius 3 is 1.20 bits per heavy atom. The first-order valence-corrected chi connectivity index (χ1v) is 46.9. The number of anilines is 4. The second-order valence-electron chi connectivity index (χ2n) is 30.4. The highest BCUT2D eigenvalue weighted by Gasteiger charge is 2.30. The Kier molecular flexibility index (Phi) is 29.2. The summed E-state index contributed by atoms with van der Waals surface area (Å²) in [5.41, 5.74) is 20.6. The van der Waals surface area contributed by atoms with Gasteiger partial charge in [0.15, 0.2) is 12.5 Å². The maximum absolute atomic E-state index is 12.4. The first-order chi connectivity index (χ1) is 59.4. The number of aromatic nitrogens is 3. The molecule has 2 saturated heterocycles. The fourth-order valence-electron chi connectivity index (χ4n) is 15.6. The fourth-order valence-corrected chi connectivity index (χ4v) is 18.3. The third-order valence-electron chi connectivity index (χ3n) is 22.0. The van der Waals surface area contributed by atoms with Crippen LogP contribution in [0.2, 0.25) is 0 Å². The average Bonchev–Trinajstić information content (AvgIpc) is 0.744. The van der Waals surface area contributed by atoms with E-state index in [2.05, 4.69) is 173 Å². The van der Waals surface area contributed by atoms with Gasteiger partial charge in [0.25, 0.3) is 10.1 Å². The van der Waals surface area contributed by atoms with Crippen LogP contribution in [0.5, 0.6) is 23.0 Å². The average molecular weight is 1800 g/mol. The molecule has 2 N–H and O–H groups in total. The van der Waals surface area contributed by atoms with E-state index in [0.29, 0.717) is 115 Å². The van der Waals surface area contributed by atoms with Gasteiger partial charge in [0.2, 0.25) is 27.9 Å². The third-order valence-corrected chi connectivity index (χ3v) is 25.9. The minimum atomic E-state index is -4.72. The molecule has 0 amide bonds. The number of hydrogen-bond acceptors (Lipinski definition) is 25.